The molecule has 2 aliphatic heterocycles. The molecule has 5 heteroatoms. The molecule has 5 nitrogen and oxygen atoms in total. The third kappa shape index (κ3) is 5.06. The van der Waals surface area contributed by atoms with E-state index in [-0.39, 0.29) is 24.8 Å². The summed E-state index contributed by atoms with van der Waals surface area (Å²) in [5, 5.41) is 0. The molecule has 0 radical (unpaired) electrons. The summed E-state index contributed by atoms with van der Waals surface area (Å²) in [6, 6.07) is 39.1. The molecule has 190 valence electrons. The molecule has 4 aromatic carbocycles. The smallest absolute Gasteiger partial charge is 0.411 e. The molecule has 2 unspecified atom stereocenters. The molecule has 0 aromatic heterocycles. The number of rotatable bonds is 6. The summed E-state index contributed by atoms with van der Waals surface area (Å²) in [6.45, 7) is 1.27. The van der Waals surface area contributed by atoms with E-state index >= 15 is 0 Å². The van der Waals surface area contributed by atoms with Crippen LogP contribution >= 0.6 is 0 Å². The molecule has 0 N–H and O–H groups in total. The van der Waals surface area contributed by atoms with Crippen molar-refractivity contribution in [2.75, 3.05) is 18.1 Å². The molecule has 1 amide bonds. The summed E-state index contributed by atoms with van der Waals surface area (Å²) < 4.78 is 11.5. The number of nitrogens with zero attached hydrogens (tertiary/aromatic N) is 2. The molecular weight excluding hydrogens is 472 g/mol. The van der Waals surface area contributed by atoms with Gasteiger partial charge in [-0.15, -0.1) is 0 Å². The van der Waals surface area contributed by atoms with Crippen LogP contribution < -0.4 is 4.90 Å². The summed E-state index contributed by atoms with van der Waals surface area (Å²) >= 11 is 0. The third-order valence-electron chi connectivity index (χ3n) is 7.14. The van der Waals surface area contributed by atoms with Crippen LogP contribution in [0.4, 0.5) is 21.9 Å². The van der Waals surface area contributed by atoms with E-state index < -0.39 is 0 Å². The Morgan fingerprint density at radius 1 is 0.763 bits per heavy atom. The standard InChI is InChI=1S/C33H30N2O3/c36-33(38-22-25-10-4-1-5-11-25)35-31-20-27(21-32(35)24-37-23-31)26-16-18-30(19-17-26)34(28-12-6-2-7-13-28)29-14-8-3-9-15-29/h1-20,31-32H,21-24H2. The number of anilines is 3. The highest BCUT2D eigenvalue weighted by molar-refractivity contribution is 5.79. The van der Waals surface area contributed by atoms with Crippen LogP contribution in [0.2, 0.25) is 0 Å². The minimum Gasteiger partial charge on any atom is -0.445 e. The third-order valence-corrected chi connectivity index (χ3v) is 7.14. The van der Waals surface area contributed by atoms with Crippen molar-refractivity contribution in [2.45, 2.75) is 25.1 Å². The fourth-order valence-corrected chi connectivity index (χ4v) is 5.31. The van der Waals surface area contributed by atoms with E-state index in [1.807, 2.05) is 47.4 Å². The van der Waals surface area contributed by atoms with Crippen molar-refractivity contribution in [1.29, 1.82) is 0 Å². The highest BCUT2D eigenvalue weighted by atomic mass is 16.6. The molecule has 38 heavy (non-hydrogen) atoms. The van der Waals surface area contributed by atoms with Crippen molar-refractivity contribution in [3.63, 3.8) is 0 Å². The number of hydrogen-bond donors (Lipinski definition) is 0. The van der Waals surface area contributed by atoms with Gasteiger partial charge in [-0.25, -0.2) is 4.79 Å². The normalized spacial score (nSPS) is 18.4. The van der Waals surface area contributed by atoms with E-state index in [1.165, 1.54) is 11.1 Å². The van der Waals surface area contributed by atoms with Gasteiger partial charge in [0, 0.05) is 17.1 Å². The Hall–Kier alpha value is -4.35. The van der Waals surface area contributed by atoms with E-state index in [0.29, 0.717) is 13.2 Å². The Bertz CT molecular complexity index is 1350. The number of hydrogen-bond acceptors (Lipinski definition) is 4. The van der Waals surface area contributed by atoms with Crippen LogP contribution in [0.5, 0.6) is 0 Å². The molecule has 1 fully saturated rings. The number of amides is 1. The number of morpholine rings is 1. The lowest BCUT2D eigenvalue weighted by Gasteiger charge is -2.43. The van der Waals surface area contributed by atoms with Crippen LogP contribution in [0.25, 0.3) is 5.57 Å². The van der Waals surface area contributed by atoms with Crippen molar-refractivity contribution in [3.8, 4) is 0 Å². The van der Waals surface area contributed by atoms with Gasteiger partial charge in [0.05, 0.1) is 25.3 Å². The molecule has 2 heterocycles. The number of carbonyl (C=O) groups is 1. The molecule has 2 aliphatic rings. The van der Waals surface area contributed by atoms with Gasteiger partial charge in [0.2, 0.25) is 0 Å². The van der Waals surface area contributed by atoms with Crippen LogP contribution in [-0.4, -0.2) is 36.3 Å². The highest BCUT2D eigenvalue weighted by Gasteiger charge is 2.39. The van der Waals surface area contributed by atoms with Crippen molar-refractivity contribution in [3.05, 3.63) is 132 Å². The van der Waals surface area contributed by atoms with Crippen LogP contribution in [0.15, 0.2) is 121 Å². The highest BCUT2D eigenvalue weighted by Crippen LogP contribution is 2.37. The van der Waals surface area contributed by atoms with Gasteiger partial charge < -0.3 is 14.4 Å². The zero-order valence-electron chi connectivity index (χ0n) is 21.1. The predicted molar refractivity (Wildman–Crippen MR) is 151 cm³/mol. The Morgan fingerprint density at radius 2 is 1.34 bits per heavy atom. The van der Waals surface area contributed by atoms with Gasteiger partial charge >= 0.3 is 6.09 Å². The van der Waals surface area contributed by atoms with Crippen LogP contribution in [0.3, 0.4) is 0 Å². The first-order chi connectivity index (χ1) is 18.8. The molecule has 1 saturated heterocycles. The maximum atomic E-state index is 13.0. The number of benzene rings is 4. The average Bonchev–Trinajstić information content (AvgIpc) is 2.97. The summed E-state index contributed by atoms with van der Waals surface area (Å²) in [5.41, 5.74) is 6.71. The lowest BCUT2D eigenvalue weighted by atomic mass is 9.90. The maximum absolute atomic E-state index is 13.0. The van der Waals surface area contributed by atoms with Crippen molar-refractivity contribution >= 4 is 28.7 Å². The second-order valence-electron chi connectivity index (χ2n) is 9.66. The molecule has 4 aromatic rings. The monoisotopic (exact) mass is 502 g/mol. The SMILES string of the molecule is O=C(OCc1ccccc1)N1C2C=C(c3ccc(N(c4ccccc4)c4ccccc4)cc3)CC1COC2. The molecule has 6 rings (SSSR count). The van der Waals surface area contributed by atoms with Gasteiger partial charge in [-0.1, -0.05) is 84.9 Å². The van der Waals surface area contributed by atoms with Gasteiger partial charge in [-0.05, 0) is 59.5 Å². The molecule has 0 saturated carbocycles. The molecule has 2 atom stereocenters. The van der Waals surface area contributed by atoms with E-state index in [1.54, 1.807) is 0 Å². The first-order valence-electron chi connectivity index (χ1n) is 13.0. The first kappa shape index (κ1) is 24.0. The summed E-state index contributed by atoms with van der Waals surface area (Å²) in [5.74, 6) is 0. The zero-order chi connectivity index (χ0) is 25.7. The average molecular weight is 503 g/mol. The zero-order valence-corrected chi connectivity index (χ0v) is 21.1. The number of para-hydroxylation sites is 2. The Labute approximate surface area is 223 Å². The van der Waals surface area contributed by atoms with Gasteiger partial charge in [0.25, 0.3) is 0 Å². The Kier molecular flexibility index (Phi) is 6.92. The Morgan fingerprint density at radius 3 is 1.95 bits per heavy atom. The molecule has 0 spiro atoms. The summed E-state index contributed by atoms with van der Waals surface area (Å²) in [7, 11) is 0. The number of fused-ring (bicyclic) bond motifs is 2. The molecule has 0 aliphatic carbocycles. The van der Waals surface area contributed by atoms with Crippen molar-refractivity contribution in [1.82, 2.24) is 4.90 Å². The quantitative estimate of drug-likeness (QED) is 0.276. The molecular formula is C33H30N2O3. The lowest BCUT2D eigenvalue weighted by molar-refractivity contribution is -0.0342. The first-order valence-corrected chi connectivity index (χ1v) is 13.0. The predicted octanol–water partition coefficient (Wildman–Crippen LogP) is 7.35. The van der Waals surface area contributed by atoms with Crippen LogP contribution in [0, 0.1) is 0 Å². The summed E-state index contributed by atoms with van der Waals surface area (Å²) in [6.07, 6.45) is 2.62. The van der Waals surface area contributed by atoms with Crippen LogP contribution in [0.1, 0.15) is 17.5 Å². The number of ether oxygens (including phenoxy) is 2. The second-order valence-corrected chi connectivity index (χ2v) is 9.66. The van der Waals surface area contributed by atoms with Gasteiger partial charge in [-0.2, -0.15) is 0 Å². The van der Waals surface area contributed by atoms with Crippen molar-refractivity contribution in [2.24, 2.45) is 0 Å². The lowest BCUT2D eigenvalue weighted by Crippen LogP contribution is -2.56. The van der Waals surface area contributed by atoms with Gasteiger partial charge in [-0.3, -0.25) is 4.90 Å². The fourth-order valence-electron chi connectivity index (χ4n) is 5.31. The largest absolute Gasteiger partial charge is 0.445 e. The molecule has 2 bridgehead atoms. The van der Waals surface area contributed by atoms with E-state index in [9.17, 15) is 4.79 Å². The van der Waals surface area contributed by atoms with Crippen LogP contribution in [-0.2, 0) is 16.1 Å². The minimum atomic E-state index is -0.279. The number of carbonyl (C=O) groups excluding carboxylic acids is 1. The fraction of sp³-hybridized carbons (Fsp3) is 0.182. The van der Waals surface area contributed by atoms with E-state index in [4.69, 9.17) is 9.47 Å². The van der Waals surface area contributed by atoms with E-state index in [0.717, 1.165) is 29.0 Å². The topological polar surface area (TPSA) is 42.0 Å². The van der Waals surface area contributed by atoms with Gasteiger partial charge in [0.1, 0.15) is 6.61 Å². The minimum absolute atomic E-state index is 0.0400. The van der Waals surface area contributed by atoms with Crippen molar-refractivity contribution < 1.29 is 14.3 Å². The van der Waals surface area contributed by atoms with E-state index in [2.05, 4.69) is 83.8 Å². The van der Waals surface area contributed by atoms with Gasteiger partial charge in [0.15, 0.2) is 0 Å². The Balaban J connectivity index is 1.22. The summed E-state index contributed by atoms with van der Waals surface area (Å²) in [4.78, 5) is 17.1. The second kappa shape index (κ2) is 11.0. The maximum Gasteiger partial charge on any atom is 0.411 e.